The lowest BCUT2D eigenvalue weighted by atomic mass is 10.1. The van der Waals surface area contributed by atoms with Crippen LogP contribution in [0.1, 0.15) is 37.2 Å². The summed E-state index contributed by atoms with van der Waals surface area (Å²) < 4.78 is 1.01. The molecule has 1 fully saturated rings. The van der Waals surface area contributed by atoms with Gasteiger partial charge in [-0.15, -0.1) is 0 Å². The molecule has 2 N–H and O–H groups in total. The van der Waals surface area contributed by atoms with Crippen LogP contribution >= 0.6 is 15.9 Å². The molecule has 4 heteroatoms. The van der Waals surface area contributed by atoms with Crippen molar-refractivity contribution in [2.24, 2.45) is 11.7 Å². The highest BCUT2D eigenvalue weighted by atomic mass is 79.9. The van der Waals surface area contributed by atoms with Crippen LogP contribution in [0, 0.1) is 5.92 Å². The van der Waals surface area contributed by atoms with Crippen LogP contribution in [0.15, 0.2) is 10.7 Å². The van der Waals surface area contributed by atoms with E-state index in [2.05, 4.69) is 32.8 Å². The van der Waals surface area contributed by atoms with Crippen molar-refractivity contribution in [2.75, 3.05) is 6.54 Å². The maximum Gasteiger partial charge on any atom is 0.131 e. The summed E-state index contributed by atoms with van der Waals surface area (Å²) in [6.07, 6.45) is 5.29. The van der Waals surface area contributed by atoms with Crippen LogP contribution in [-0.2, 0) is 6.42 Å². The van der Waals surface area contributed by atoms with Gasteiger partial charge in [-0.25, -0.2) is 9.97 Å². The summed E-state index contributed by atoms with van der Waals surface area (Å²) in [4.78, 5) is 8.95. The molecule has 1 aromatic heterocycles. The van der Waals surface area contributed by atoms with E-state index in [1.54, 1.807) is 0 Å². The number of hydrogen-bond donors (Lipinski definition) is 1. The topological polar surface area (TPSA) is 51.8 Å². The van der Waals surface area contributed by atoms with Crippen molar-refractivity contribution in [3.05, 3.63) is 22.2 Å². The Bertz CT molecular complexity index is 350. The quantitative estimate of drug-likeness (QED) is 0.913. The van der Waals surface area contributed by atoms with E-state index < -0.39 is 0 Å². The number of hydrogen-bond acceptors (Lipinski definition) is 3. The van der Waals surface area contributed by atoms with Crippen LogP contribution in [0.2, 0.25) is 0 Å². The molecule has 0 aromatic carbocycles. The molecule has 0 amide bonds. The van der Waals surface area contributed by atoms with Crippen molar-refractivity contribution < 1.29 is 0 Å². The van der Waals surface area contributed by atoms with Crippen LogP contribution < -0.4 is 5.73 Å². The minimum Gasteiger partial charge on any atom is -0.330 e. The summed E-state index contributed by atoms with van der Waals surface area (Å²) >= 11 is 3.49. The van der Waals surface area contributed by atoms with Crippen molar-refractivity contribution in [2.45, 2.75) is 32.1 Å². The third kappa shape index (κ3) is 2.75. The average molecular weight is 270 g/mol. The number of aromatic nitrogens is 2. The molecule has 0 aliphatic heterocycles. The fourth-order valence-electron chi connectivity index (χ4n) is 1.51. The van der Waals surface area contributed by atoms with Crippen LogP contribution in [0.5, 0.6) is 0 Å². The Morgan fingerprint density at radius 1 is 1.60 bits per heavy atom. The molecule has 15 heavy (non-hydrogen) atoms. The molecule has 1 unspecified atom stereocenters. The third-order valence-electron chi connectivity index (χ3n) is 2.72. The minimum absolute atomic E-state index is 0.475. The van der Waals surface area contributed by atoms with Crippen molar-refractivity contribution >= 4 is 15.9 Å². The van der Waals surface area contributed by atoms with Crippen LogP contribution in [0.3, 0.4) is 0 Å². The SMILES string of the molecule is CC(CN)Cc1nc(C2CC2)ncc1Br. The summed E-state index contributed by atoms with van der Waals surface area (Å²) in [6, 6.07) is 0. The summed E-state index contributed by atoms with van der Waals surface area (Å²) in [6.45, 7) is 2.85. The van der Waals surface area contributed by atoms with Crippen LogP contribution in [0.25, 0.3) is 0 Å². The molecule has 1 aliphatic carbocycles. The van der Waals surface area contributed by atoms with Crippen molar-refractivity contribution in [1.29, 1.82) is 0 Å². The Hall–Kier alpha value is -0.480. The molecule has 1 saturated carbocycles. The highest BCUT2D eigenvalue weighted by Crippen LogP contribution is 2.38. The molecule has 1 heterocycles. The summed E-state index contributed by atoms with van der Waals surface area (Å²) in [5, 5.41) is 0. The lowest BCUT2D eigenvalue weighted by Gasteiger charge is -2.10. The monoisotopic (exact) mass is 269 g/mol. The van der Waals surface area contributed by atoms with Gasteiger partial charge >= 0.3 is 0 Å². The number of rotatable bonds is 4. The number of halogens is 1. The van der Waals surface area contributed by atoms with Gasteiger partial charge in [0.2, 0.25) is 0 Å². The molecule has 1 aromatic rings. The lowest BCUT2D eigenvalue weighted by molar-refractivity contribution is 0.579. The van der Waals surface area contributed by atoms with E-state index in [0.29, 0.717) is 18.4 Å². The minimum atomic E-state index is 0.475. The predicted octanol–water partition coefficient (Wildman–Crippen LogP) is 2.25. The van der Waals surface area contributed by atoms with Gasteiger partial charge < -0.3 is 5.73 Å². The average Bonchev–Trinajstić information content (AvgIpc) is 3.04. The molecule has 3 nitrogen and oxygen atoms in total. The molecule has 0 saturated heterocycles. The van der Waals surface area contributed by atoms with E-state index in [-0.39, 0.29) is 0 Å². The van der Waals surface area contributed by atoms with E-state index in [9.17, 15) is 0 Å². The fraction of sp³-hybridized carbons (Fsp3) is 0.636. The molecule has 1 aliphatic rings. The van der Waals surface area contributed by atoms with E-state index in [0.717, 1.165) is 22.4 Å². The van der Waals surface area contributed by atoms with E-state index >= 15 is 0 Å². The summed E-state index contributed by atoms with van der Waals surface area (Å²) in [5.41, 5.74) is 6.72. The normalized spacial score (nSPS) is 17.8. The second kappa shape index (κ2) is 4.58. The van der Waals surface area contributed by atoms with Crippen molar-refractivity contribution in [1.82, 2.24) is 9.97 Å². The zero-order valence-corrected chi connectivity index (χ0v) is 10.5. The van der Waals surface area contributed by atoms with E-state index in [4.69, 9.17) is 5.73 Å². The molecule has 2 rings (SSSR count). The highest BCUT2D eigenvalue weighted by Gasteiger charge is 2.27. The van der Waals surface area contributed by atoms with E-state index in [1.165, 1.54) is 12.8 Å². The fourth-order valence-corrected chi connectivity index (χ4v) is 1.87. The Kier molecular flexibility index (Phi) is 3.36. The molecule has 0 radical (unpaired) electrons. The standard InChI is InChI=1S/C11H16BrN3/c1-7(5-13)4-10-9(12)6-14-11(15-10)8-2-3-8/h6-8H,2-5,13H2,1H3. The van der Waals surface area contributed by atoms with Gasteiger partial charge in [-0.3, -0.25) is 0 Å². The van der Waals surface area contributed by atoms with Gasteiger partial charge in [-0.05, 0) is 47.7 Å². The van der Waals surface area contributed by atoms with Gasteiger partial charge in [-0.2, -0.15) is 0 Å². The summed E-state index contributed by atoms with van der Waals surface area (Å²) in [7, 11) is 0. The van der Waals surface area contributed by atoms with Gasteiger partial charge in [0, 0.05) is 12.1 Å². The maximum atomic E-state index is 5.62. The van der Waals surface area contributed by atoms with Crippen molar-refractivity contribution in [3.8, 4) is 0 Å². The summed E-state index contributed by atoms with van der Waals surface area (Å²) in [5.74, 6) is 2.10. The zero-order valence-electron chi connectivity index (χ0n) is 8.91. The van der Waals surface area contributed by atoms with Crippen LogP contribution in [0.4, 0.5) is 0 Å². The first kappa shape index (κ1) is 11.0. The lowest BCUT2D eigenvalue weighted by Crippen LogP contribution is -2.14. The first-order chi connectivity index (χ1) is 7.20. The second-order valence-electron chi connectivity index (χ2n) is 4.34. The van der Waals surface area contributed by atoms with Gasteiger partial charge in [0.1, 0.15) is 5.82 Å². The van der Waals surface area contributed by atoms with Gasteiger partial charge in [0.25, 0.3) is 0 Å². The van der Waals surface area contributed by atoms with Gasteiger partial charge in [0.05, 0.1) is 10.2 Å². The van der Waals surface area contributed by atoms with E-state index in [1.807, 2.05) is 6.20 Å². The molecule has 0 spiro atoms. The van der Waals surface area contributed by atoms with Gasteiger partial charge in [-0.1, -0.05) is 6.92 Å². The Labute approximate surface area is 98.6 Å². The Morgan fingerprint density at radius 2 is 2.33 bits per heavy atom. The zero-order chi connectivity index (χ0) is 10.8. The first-order valence-corrected chi connectivity index (χ1v) is 6.21. The third-order valence-corrected chi connectivity index (χ3v) is 3.38. The number of nitrogens with two attached hydrogens (primary N) is 1. The van der Waals surface area contributed by atoms with Crippen molar-refractivity contribution in [3.63, 3.8) is 0 Å². The molecule has 82 valence electrons. The smallest absolute Gasteiger partial charge is 0.131 e. The number of nitrogens with zero attached hydrogens (tertiary/aromatic N) is 2. The van der Waals surface area contributed by atoms with Gasteiger partial charge in [0.15, 0.2) is 0 Å². The van der Waals surface area contributed by atoms with Crippen LogP contribution in [-0.4, -0.2) is 16.5 Å². The Morgan fingerprint density at radius 3 is 2.93 bits per heavy atom. The molecular weight excluding hydrogens is 254 g/mol. The highest BCUT2D eigenvalue weighted by molar-refractivity contribution is 9.10. The maximum absolute atomic E-state index is 5.62. The molecule has 1 atom stereocenters. The molecule has 0 bridgehead atoms. The second-order valence-corrected chi connectivity index (χ2v) is 5.20. The molecular formula is C11H16BrN3. The Balaban J connectivity index is 2.16. The predicted molar refractivity (Wildman–Crippen MR) is 63.6 cm³/mol. The first-order valence-electron chi connectivity index (χ1n) is 5.42. The largest absolute Gasteiger partial charge is 0.330 e.